The van der Waals surface area contributed by atoms with E-state index in [9.17, 15) is 4.79 Å². The predicted octanol–water partition coefficient (Wildman–Crippen LogP) is 2.52. The highest BCUT2D eigenvalue weighted by atomic mass is 16.2. The molecule has 3 aromatic heterocycles. The van der Waals surface area contributed by atoms with Crippen molar-refractivity contribution in [3.8, 4) is 0 Å². The van der Waals surface area contributed by atoms with Crippen LogP contribution in [0.1, 0.15) is 18.5 Å². The van der Waals surface area contributed by atoms with E-state index in [1.165, 1.54) is 0 Å². The highest BCUT2D eigenvalue weighted by molar-refractivity contribution is 5.93. The molecule has 1 atom stereocenters. The number of fused-ring (bicyclic) bond motifs is 1. The molecule has 0 radical (unpaired) electrons. The van der Waals surface area contributed by atoms with Crippen LogP contribution in [0, 0.1) is 12.8 Å². The molecule has 1 fully saturated rings. The van der Waals surface area contributed by atoms with Crippen molar-refractivity contribution in [1.82, 2.24) is 19.9 Å². The number of H-pyrrole nitrogens is 1. The smallest absolute Gasteiger partial charge is 0.230 e. The fourth-order valence-corrected chi connectivity index (χ4v) is 3.34. The molecule has 7 heteroatoms. The van der Waals surface area contributed by atoms with Gasteiger partial charge in [0.05, 0.1) is 11.3 Å². The number of nitrogens with one attached hydrogen (secondary N) is 2. The Kier molecular flexibility index (Phi) is 4.05. The first kappa shape index (κ1) is 15.6. The molecule has 1 aliphatic rings. The van der Waals surface area contributed by atoms with Gasteiger partial charge in [-0.1, -0.05) is 6.07 Å². The van der Waals surface area contributed by atoms with Crippen LogP contribution < -0.4 is 10.2 Å². The third-order valence-corrected chi connectivity index (χ3v) is 4.56. The van der Waals surface area contributed by atoms with Crippen molar-refractivity contribution >= 4 is 28.6 Å². The minimum Gasteiger partial charge on any atom is -0.355 e. The van der Waals surface area contributed by atoms with Crippen molar-refractivity contribution in [2.24, 2.45) is 5.92 Å². The van der Waals surface area contributed by atoms with Crippen LogP contribution in [0.25, 0.3) is 11.0 Å². The number of aryl methyl sites for hydroxylation is 1. The van der Waals surface area contributed by atoms with E-state index in [1.807, 2.05) is 37.4 Å². The lowest BCUT2D eigenvalue weighted by atomic mass is 9.97. The van der Waals surface area contributed by atoms with E-state index in [0.717, 1.165) is 41.9 Å². The standard InChI is InChI=1S/C18H20N6O/c1-12-4-2-6-15(22-12)23-18(25)13-5-3-9-24(10-13)17-14-7-8-19-16(14)20-11-21-17/h2,4,6-8,11,13H,3,5,9-10H2,1H3,(H,19,20,21)(H,22,23,25). The molecular weight excluding hydrogens is 316 g/mol. The number of amides is 1. The largest absolute Gasteiger partial charge is 0.355 e. The first-order valence-corrected chi connectivity index (χ1v) is 8.48. The van der Waals surface area contributed by atoms with Crippen molar-refractivity contribution in [1.29, 1.82) is 0 Å². The molecule has 1 saturated heterocycles. The summed E-state index contributed by atoms with van der Waals surface area (Å²) >= 11 is 0. The highest BCUT2D eigenvalue weighted by Gasteiger charge is 2.27. The summed E-state index contributed by atoms with van der Waals surface area (Å²) in [5.74, 6) is 1.43. The SMILES string of the molecule is Cc1cccc(NC(=O)C2CCCN(c3ncnc4[nH]ccc34)C2)n1. The predicted molar refractivity (Wildman–Crippen MR) is 96.4 cm³/mol. The lowest BCUT2D eigenvalue weighted by molar-refractivity contribution is -0.120. The van der Waals surface area contributed by atoms with Crippen LogP contribution in [0.5, 0.6) is 0 Å². The average Bonchev–Trinajstić information content (AvgIpc) is 3.10. The number of pyridine rings is 1. The molecular formula is C18H20N6O. The van der Waals surface area contributed by atoms with Gasteiger partial charge in [-0.25, -0.2) is 15.0 Å². The quantitative estimate of drug-likeness (QED) is 0.767. The Hall–Kier alpha value is -2.96. The van der Waals surface area contributed by atoms with Crippen LogP contribution in [0.4, 0.5) is 11.6 Å². The number of aromatic amines is 1. The van der Waals surface area contributed by atoms with Crippen LogP contribution in [-0.4, -0.2) is 38.9 Å². The van der Waals surface area contributed by atoms with Gasteiger partial charge < -0.3 is 15.2 Å². The van der Waals surface area contributed by atoms with E-state index < -0.39 is 0 Å². The molecule has 4 rings (SSSR count). The Balaban J connectivity index is 1.51. The Bertz CT molecular complexity index is 905. The van der Waals surface area contributed by atoms with Gasteiger partial charge in [0.1, 0.15) is 23.6 Å². The summed E-state index contributed by atoms with van der Waals surface area (Å²) in [6, 6.07) is 7.61. The van der Waals surface area contributed by atoms with Crippen LogP contribution in [0.2, 0.25) is 0 Å². The second-order valence-corrected chi connectivity index (χ2v) is 6.38. The summed E-state index contributed by atoms with van der Waals surface area (Å²) in [6.45, 7) is 3.45. The van der Waals surface area contributed by atoms with Crippen LogP contribution in [-0.2, 0) is 4.79 Å². The summed E-state index contributed by atoms with van der Waals surface area (Å²) in [4.78, 5) is 31.0. The minimum absolute atomic E-state index is 0.0159. The van der Waals surface area contributed by atoms with Crippen molar-refractivity contribution in [2.45, 2.75) is 19.8 Å². The fraction of sp³-hybridized carbons (Fsp3) is 0.333. The maximum absolute atomic E-state index is 12.7. The lowest BCUT2D eigenvalue weighted by Crippen LogP contribution is -2.41. The minimum atomic E-state index is -0.0833. The molecule has 7 nitrogen and oxygen atoms in total. The van der Waals surface area contributed by atoms with Crippen molar-refractivity contribution < 1.29 is 4.79 Å². The van der Waals surface area contributed by atoms with Gasteiger partial charge in [0.2, 0.25) is 5.91 Å². The molecule has 4 heterocycles. The van der Waals surface area contributed by atoms with Crippen molar-refractivity contribution in [3.05, 3.63) is 42.5 Å². The topological polar surface area (TPSA) is 86.8 Å². The molecule has 0 spiro atoms. The Labute approximate surface area is 145 Å². The van der Waals surface area contributed by atoms with E-state index in [-0.39, 0.29) is 11.8 Å². The van der Waals surface area contributed by atoms with Gasteiger partial charge in [-0.3, -0.25) is 4.79 Å². The summed E-state index contributed by atoms with van der Waals surface area (Å²) < 4.78 is 0. The van der Waals surface area contributed by atoms with E-state index in [4.69, 9.17) is 0 Å². The van der Waals surface area contributed by atoms with Gasteiger partial charge in [0.25, 0.3) is 0 Å². The Morgan fingerprint density at radius 3 is 3.12 bits per heavy atom. The number of nitrogens with zero attached hydrogens (tertiary/aromatic N) is 4. The normalized spacial score (nSPS) is 17.6. The molecule has 3 aromatic rings. The number of rotatable bonds is 3. The number of piperidine rings is 1. The molecule has 0 saturated carbocycles. The summed E-state index contributed by atoms with van der Waals surface area (Å²) in [5, 5.41) is 3.93. The van der Waals surface area contributed by atoms with E-state index in [2.05, 4.69) is 30.2 Å². The number of aromatic nitrogens is 4. The van der Waals surface area contributed by atoms with Gasteiger partial charge in [-0.2, -0.15) is 0 Å². The second kappa shape index (κ2) is 6.51. The zero-order valence-electron chi connectivity index (χ0n) is 14.1. The van der Waals surface area contributed by atoms with Gasteiger partial charge in [0, 0.05) is 25.0 Å². The molecule has 1 unspecified atom stereocenters. The second-order valence-electron chi connectivity index (χ2n) is 6.38. The van der Waals surface area contributed by atoms with E-state index >= 15 is 0 Å². The van der Waals surface area contributed by atoms with Crippen LogP contribution >= 0.6 is 0 Å². The van der Waals surface area contributed by atoms with Crippen molar-refractivity contribution in [3.63, 3.8) is 0 Å². The van der Waals surface area contributed by atoms with Gasteiger partial charge >= 0.3 is 0 Å². The summed E-state index contributed by atoms with van der Waals surface area (Å²) in [5.41, 5.74) is 1.71. The third-order valence-electron chi connectivity index (χ3n) is 4.56. The maximum atomic E-state index is 12.7. The first-order chi connectivity index (χ1) is 12.2. The maximum Gasteiger partial charge on any atom is 0.230 e. The van der Waals surface area contributed by atoms with Crippen LogP contribution in [0.3, 0.4) is 0 Å². The summed E-state index contributed by atoms with van der Waals surface area (Å²) in [6.07, 6.45) is 5.25. The number of carbonyl (C=O) groups excluding carboxylic acids is 1. The molecule has 0 aliphatic carbocycles. The molecule has 128 valence electrons. The Morgan fingerprint density at radius 1 is 1.32 bits per heavy atom. The zero-order chi connectivity index (χ0) is 17.2. The molecule has 0 bridgehead atoms. The molecule has 0 aromatic carbocycles. The van der Waals surface area contributed by atoms with E-state index in [1.54, 1.807) is 6.33 Å². The molecule has 25 heavy (non-hydrogen) atoms. The first-order valence-electron chi connectivity index (χ1n) is 8.48. The number of hydrogen-bond acceptors (Lipinski definition) is 5. The number of hydrogen-bond donors (Lipinski definition) is 2. The van der Waals surface area contributed by atoms with E-state index in [0.29, 0.717) is 12.4 Å². The van der Waals surface area contributed by atoms with Crippen molar-refractivity contribution in [2.75, 3.05) is 23.3 Å². The van der Waals surface area contributed by atoms with Gasteiger partial charge in [-0.05, 0) is 38.0 Å². The van der Waals surface area contributed by atoms with Crippen LogP contribution in [0.15, 0.2) is 36.8 Å². The number of anilines is 2. The number of carbonyl (C=O) groups is 1. The fourth-order valence-electron chi connectivity index (χ4n) is 3.34. The molecule has 1 aliphatic heterocycles. The monoisotopic (exact) mass is 336 g/mol. The third kappa shape index (κ3) is 3.17. The zero-order valence-corrected chi connectivity index (χ0v) is 14.1. The molecule has 2 N–H and O–H groups in total. The molecule has 1 amide bonds. The summed E-state index contributed by atoms with van der Waals surface area (Å²) in [7, 11) is 0. The average molecular weight is 336 g/mol. The Morgan fingerprint density at radius 2 is 2.24 bits per heavy atom. The van der Waals surface area contributed by atoms with Gasteiger partial charge in [0.15, 0.2) is 0 Å². The lowest BCUT2D eigenvalue weighted by Gasteiger charge is -2.33. The highest BCUT2D eigenvalue weighted by Crippen LogP contribution is 2.27. The van der Waals surface area contributed by atoms with Gasteiger partial charge in [-0.15, -0.1) is 0 Å².